The van der Waals surface area contributed by atoms with Crippen LogP contribution in [0.3, 0.4) is 0 Å². The monoisotopic (exact) mass is 410 g/mol. The number of hydrogen-bond acceptors (Lipinski definition) is 4. The molecule has 0 fully saturated rings. The van der Waals surface area contributed by atoms with Crippen molar-refractivity contribution in [1.82, 2.24) is 0 Å². The fourth-order valence-electron chi connectivity index (χ4n) is 2.22. The van der Waals surface area contributed by atoms with Gasteiger partial charge in [0.15, 0.2) is 5.76 Å². The van der Waals surface area contributed by atoms with E-state index in [4.69, 9.17) is 39.2 Å². The molecule has 2 aromatic carbocycles. The molecule has 1 N–H and O–H groups in total. The number of halogens is 3. The van der Waals surface area contributed by atoms with Gasteiger partial charge in [-0.05, 0) is 42.5 Å². The van der Waals surface area contributed by atoms with E-state index < -0.39 is 10.8 Å². The second-order valence-electron chi connectivity index (χ2n) is 5.17. The summed E-state index contributed by atoms with van der Waals surface area (Å²) >= 11 is 17.7. The number of nitro benzene ring substituents is 1. The zero-order valence-corrected chi connectivity index (χ0v) is 15.1. The van der Waals surface area contributed by atoms with Crippen molar-refractivity contribution in [2.24, 2.45) is 0 Å². The minimum atomic E-state index is -0.633. The van der Waals surface area contributed by atoms with Gasteiger partial charge < -0.3 is 9.73 Å². The number of benzene rings is 2. The Morgan fingerprint density at radius 2 is 1.77 bits per heavy atom. The number of rotatable bonds is 4. The first-order valence-electron chi connectivity index (χ1n) is 7.15. The third kappa shape index (κ3) is 3.83. The van der Waals surface area contributed by atoms with E-state index in [-0.39, 0.29) is 22.2 Å². The van der Waals surface area contributed by atoms with Gasteiger partial charge in [0.2, 0.25) is 0 Å². The molecule has 0 radical (unpaired) electrons. The van der Waals surface area contributed by atoms with Gasteiger partial charge >= 0.3 is 0 Å². The van der Waals surface area contributed by atoms with Crippen LogP contribution in [0.4, 0.5) is 11.4 Å². The van der Waals surface area contributed by atoms with Gasteiger partial charge in [-0.3, -0.25) is 14.9 Å². The molecule has 132 valence electrons. The molecular weight excluding hydrogens is 403 g/mol. The number of anilines is 1. The lowest BCUT2D eigenvalue weighted by Gasteiger charge is -2.04. The lowest BCUT2D eigenvalue weighted by molar-refractivity contribution is -0.384. The number of carbonyl (C=O) groups is 1. The molecule has 0 aliphatic heterocycles. The summed E-state index contributed by atoms with van der Waals surface area (Å²) in [4.78, 5) is 22.6. The van der Waals surface area contributed by atoms with Crippen molar-refractivity contribution in [2.75, 3.05) is 5.32 Å². The maximum Gasteiger partial charge on any atom is 0.291 e. The molecule has 0 bridgehead atoms. The van der Waals surface area contributed by atoms with Gasteiger partial charge in [-0.15, -0.1) is 0 Å². The predicted octanol–water partition coefficient (Wildman–Crippen LogP) is 6.07. The fraction of sp³-hybridized carbons (Fsp3) is 0. The Bertz CT molecular complexity index is 1020. The van der Waals surface area contributed by atoms with Crippen LogP contribution in [-0.4, -0.2) is 10.8 Å². The molecule has 0 atom stereocenters. The van der Waals surface area contributed by atoms with E-state index in [0.29, 0.717) is 21.4 Å². The van der Waals surface area contributed by atoms with E-state index in [9.17, 15) is 14.9 Å². The van der Waals surface area contributed by atoms with E-state index in [0.717, 1.165) is 0 Å². The van der Waals surface area contributed by atoms with Crippen molar-refractivity contribution in [3.63, 3.8) is 0 Å². The molecule has 0 unspecified atom stereocenters. The van der Waals surface area contributed by atoms with Gasteiger partial charge in [0, 0.05) is 22.3 Å². The quantitative estimate of drug-likeness (QED) is 0.417. The summed E-state index contributed by atoms with van der Waals surface area (Å²) < 4.78 is 5.53. The highest BCUT2D eigenvalue weighted by Gasteiger charge is 2.17. The van der Waals surface area contributed by atoms with Crippen LogP contribution in [0.5, 0.6) is 0 Å². The first-order chi connectivity index (χ1) is 12.3. The van der Waals surface area contributed by atoms with Crippen LogP contribution in [0.2, 0.25) is 15.1 Å². The highest BCUT2D eigenvalue weighted by Crippen LogP contribution is 2.32. The summed E-state index contributed by atoms with van der Waals surface area (Å²) in [5, 5.41) is 14.3. The Balaban J connectivity index is 1.82. The summed E-state index contributed by atoms with van der Waals surface area (Å²) in [6.45, 7) is 0. The third-order valence-electron chi connectivity index (χ3n) is 3.43. The fourth-order valence-corrected chi connectivity index (χ4v) is 2.91. The number of furan rings is 1. The summed E-state index contributed by atoms with van der Waals surface area (Å²) in [7, 11) is 0. The maximum absolute atomic E-state index is 12.3. The summed E-state index contributed by atoms with van der Waals surface area (Å²) in [5.74, 6) is -0.166. The molecule has 0 saturated carbocycles. The molecule has 1 heterocycles. The number of carbonyl (C=O) groups excluding carboxylic acids is 1. The first kappa shape index (κ1) is 18.3. The lowest BCUT2D eigenvalue weighted by atomic mass is 10.2. The number of nitro groups is 1. The van der Waals surface area contributed by atoms with Crippen LogP contribution < -0.4 is 5.32 Å². The highest BCUT2D eigenvalue weighted by atomic mass is 35.5. The van der Waals surface area contributed by atoms with Crippen molar-refractivity contribution in [3.8, 4) is 11.3 Å². The van der Waals surface area contributed by atoms with Crippen molar-refractivity contribution >= 4 is 52.1 Å². The molecule has 0 aliphatic rings. The van der Waals surface area contributed by atoms with Gasteiger partial charge in [0.25, 0.3) is 11.6 Å². The van der Waals surface area contributed by atoms with Gasteiger partial charge in [-0.25, -0.2) is 0 Å². The molecule has 0 aliphatic carbocycles. The maximum atomic E-state index is 12.3. The van der Waals surface area contributed by atoms with E-state index >= 15 is 0 Å². The Morgan fingerprint density at radius 1 is 1.00 bits per heavy atom. The molecule has 1 aromatic heterocycles. The van der Waals surface area contributed by atoms with Gasteiger partial charge in [-0.1, -0.05) is 34.8 Å². The van der Waals surface area contributed by atoms with Crippen molar-refractivity contribution in [1.29, 1.82) is 0 Å². The highest BCUT2D eigenvalue weighted by molar-refractivity contribution is 6.36. The number of nitrogens with one attached hydrogen (secondary N) is 1. The second-order valence-corrected chi connectivity index (χ2v) is 6.42. The molecule has 1 amide bonds. The zero-order chi connectivity index (χ0) is 18.8. The summed E-state index contributed by atoms with van der Waals surface area (Å²) in [6.07, 6.45) is 0. The van der Waals surface area contributed by atoms with Crippen LogP contribution in [0.15, 0.2) is 52.9 Å². The van der Waals surface area contributed by atoms with E-state index in [2.05, 4.69) is 5.32 Å². The van der Waals surface area contributed by atoms with Crippen LogP contribution in [0.25, 0.3) is 11.3 Å². The molecule has 0 spiro atoms. The van der Waals surface area contributed by atoms with Gasteiger partial charge in [0.05, 0.1) is 9.95 Å². The van der Waals surface area contributed by atoms with Crippen molar-refractivity contribution in [3.05, 3.63) is 79.5 Å². The number of nitrogens with zero attached hydrogens (tertiary/aromatic N) is 1. The molecule has 6 nitrogen and oxygen atoms in total. The van der Waals surface area contributed by atoms with E-state index in [1.165, 1.54) is 24.3 Å². The van der Waals surface area contributed by atoms with E-state index in [1.807, 2.05) is 0 Å². The lowest BCUT2D eigenvalue weighted by Crippen LogP contribution is -2.11. The standard InChI is InChI=1S/C17H9Cl3N2O4/c18-9-1-3-11(13(20)7-9)15-5-6-16(26-15)17(23)21-10-2-4-12(19)14(8-10)22(24)25/h1-8H,(H,21,23). The van der Waals surface area contributed by atoms with Crippen molar-refractivity contribution in [2.45, 2.75) is 0 Å². The molecule has 9 heteroatoms. The SMILES string of the molecule is O=C(Nc1ccc(Cl)c([N+](=O)[O-])c1)c1ccc(-c2ccc(Cl)cc2Cl)o1. The topological polar surface area (TPSA) is 85.4 Å². The largest absolute Gasteiger partial charge is 0.451 e. The number of amides is 1. The smallest absolute Gasteiger partial charge is 0.291 e. The van der Waals surface area contributed by atoms with Crippen molar-refractivity contribution < 1.29 is 14.1 Å². The van der Waals surface area contributed by atoms with Gasteiger partial charge in [-0.2, -0.15) is 0 Å². The average molecular weight is 412 g/mol. The minimum absolute atomic E-state index is 0.0172. The normalized spacial score (nSPS) is 10.6. The summed E-state index contributed by atoms with van der Waals surface area (Å²) in [5.41, 5.74) is 0.489. The Hall–Kier alpha value is -2.54. The molecule has 26 heavy (non-hydrogen) atoms. The third-order valence-corrected chi connectivity index (χ3v) is 4.29. The first-order valence-corrected chi connectivity index (χ1v) is 8.29. The van der Waals surface area contributed by atoms with Crippen LogP contribution in [-0.2, 0) is 0 Å². The average Bonchev–Trinajstić information content (AvgIpc) is 3.06. The summed E-state index contributed by atoms with van der Waals surface area (Å²) in [6, 6.07) is 11.9. The Labute approximate surface area is 162 Å². The zero-order valence-electron chi connectivity index (χ0n) is 12.8. The molecule has 3 aromatic rings. The Morgan fingerprint density at radius 3 is 2.46 bits per heavy atom. The Kier molecular flexibility index (Phi) is 5.18. The second kappa shape index (κ2) is 7.37. The van der Waals surface area contributed by atoms with E-state index in [1.54, 1.807) is 24.3 Å². The molecule has 0 saturated heterocycles. The number of hydrogen-bond donors (Lipinski definition) is 1. The van der Waals surface area contributed by atoms with Gasteiger partial charge in [0.1, 0.15) is 10.8 Å². The minimum Gasteiger partial charge on any atom is -0.451 e. The van der Waals surface area contributed by atoms with Crippen LogP contribution >= 0.6 is 34.8 Å². The predicted molar refractivity (Wildman–Crippen MR) is 100 cm³/mol. The molecular formula is C17H9Cl3N2O4. The molecule has 3 rings (SSSR count). The van der Waals surface area contributed by atoms with Crippen LogP contribution in [0, 0.1) is 10.1 Å². The van der Waals surface area contributed by atoms with Crippen LogP contribution in [0.1, 0.15) is 10.6 Å².